The maximum atomic E-state index is 5.65. The number of rotatable bonds is 2. The molecule has 0 aliphatic carbocycles. The number of benzene rings is 1. The Balaban J connectivity index is 2.33. The third-order valence-corrected chi connectivity index (χ3v) is 3.52. The zero-order valence-electron chi connectivity index (χ0n) is 7.40. The predicted octanol–water partition coefficient (Wildman–Crippen LogP) is 3.58. The Hall–Kier alpha value is -0.580. The van der Waals surface area contributed by atoms with Crippen molar-refractivity contribution in [3.63, 3.8) is 0 Å². The normalized spacial score (nSPS) is 10.4. The first kappa shape index (κ1) is 9.96. The highest BCUT2D eigenvalue weighted by molar-refractivity contribution is 7.98. The molecule has 2 rings (SSSR count). The highest BCUT2D eigenvalue weighted by Gasteiger charge is 2.03. The highest BCUT2D eigenvalue weighted by atomic mass is 35.5. The fraction of sp³-hybridized carbons (Fsp3) is 0.111. The van der Waals surface area contributed by atoms with Crippen LogP contribution in [0.25, 0.3) is 10.6 Å². The Morgan fingerprint density at radius 3 is 2.50 bits per heavy atom. The summed E-state index contributed by atoms with van der Waals surface area (Å²) in [5.41, 5.74) is 1.06. The first-order chi connectivity index (χ1) is 6.79. The molecular formula is C9H7ClN2S2. The summed E-state index contributed by atoms with van der Waals surface area (Å²) in [4.78, 5) is 5.34. The van der Waals surface area contributed by atoms with Crippen LogP contribution in [0, 0.1) is 0 Å². The van der Waals surface area contributed by atoms with Gasteiger partial charge in [-0.2, -0.15) is 4.37 Å². The number of halogens is 1. The van der Waals surface area contributed by atoms with Crippen molar-refractivity contribution >= 4 is 34.9 Å². The lowest BCUT2D eigenvalue weighted by molar-refractivity contribution is 1.32. The third kappa shape index (κ3) is 2.08. The predicted molar refractivity (Wildman–Crippen MR) is 62.1 cm³/mol. The van der Waals surface area contributed by atoms with Gasteiger partial charge in [-0.25, -0.2) is 4.98 Å². The zero-order valence-corrected chi connectivity index (χ0v) is 9.79. The van der Waals surface area contributed by atoms with Gasteiger partial charge in [0.15, 0.2) is 0 Å². The van der Waals surface area contributed by atoms with Crippen molar-refractivity contribution < 1.29 is 0 Å². The van der Waals surface area contributed by atoms with Crippen LogP contribution >= 0.6 is 34.9 Å². The molecule has 14 heavy (non-hydrogen) atoms. The van der Waals surface area contributed by atoms with E-state index in [-0.39, 0.29) is 0 Å². The summed E-state index contributed by atoms with van der Waals surface area (Å²) in [5.74, 6) is 0. The van der Waals surface area contributed by atoms with Gasteiger partial charge < -0.3 is 0 Å². The summed E-state index contributed by atoms with van der Waals surface area (Å²) in [7, 11) is 0. The van der Waals surface area contributed by atoms with Crippen LogP contribution in [0.1, 0.15) is 0 Å². The smallest absolute Gasteiger partial charge is 0.205 e. The number of hydrogen-bond donors (Lipinski definition) is 0. The van der Waals surface area contributed by atoms with Crippen LogP contribution in [-0.4, -0.2) is 15.6 Å². The van der Waals surface area contributed by atoms with E-state index in [1.54, 1.807) is 11.8 Å². The van der Waals surface area contributed by atoms with E-state index in [1.807, 2.05) is 12.1 Å². The Kier molecular flexibility index (Phi) is 3.05. The molecule has 0 unspecified atom stereocenters. The number of thioether (sulfide) groups is 1. The summed E-state index contributed by atoms with van der Waals surface area (Å²) >= 11 is 8.69. The lowest BCUT2D eigenvalue weighted by atomic mass is 10.2. The van der Waals surface area contributed by atoms with Gasteiger partial charge in [0.25, 0.3) is 0 Å². The average molecular weight is 243 g/mol. The molecule has 0 radical (unpaired) electrons. The topological polar surface area (TPSA) is 25.8 Å². The average Bonchev–Trinajstić information content (AvgIpc) is 2.65. The summed E-state index contributed by atoms with van der Waals surface area (Å²) in [6.07, 6.45) is 2.05. The lowest BCUT2D eigenvalue weighted by Crippen LogP contribution is -1.75. The van der Waals surface area contributed by atoms with Crippen LogP contribution in [-0.2, 0) is 0 Å². The molecule has 2 aromatic rings. The maximum Gasteiger partial charge on any atom is 0.234 e. The molecule has 1 aromatic carbocycles. The molecule has 0 atom stereocenters. The fourth-order valence-corrected chi connectivity index (χ4v) is 2.27. The Morgan fingerprint density at radius 2 is 2.00 bits per heavy atom. The number of aromatic nitrogens is 2. The Morgan fingerprint density at radius 1 is 1.29 bits per heavy atom. The number of hydrogen-bond acceptors (Lipinski definition) is 4. The molecule has 0 amide bonds. The maximum absolute atomic E-state index is 5.65. The van der Waals surface area contributed by atoms with E-state index < -0.39 is 0 Å². The van der Waals surface area contributed by atoms with Gasteiger partial charge in [-0.3, -0.25) is 0 Å². The molecule has 0 saturated carbocycles. The van der Waals surface area contributed by atoms with Gasteiger partial charge in [-0.15, -0.1) is 11.8 Å². The molecular weight excluding hydrogens is 236 g/mol. The van der Waals surface area contributed by atoms with Crippen LogP contribution in [0.4, 0.5) is 0 Å². The Labute approximate surface area is 95.5 Å². The lowest BCUT2D eigenvalue weighted by Gasteiger charge is -1.97. The fourth-order valence-electron chi connectivity index (χ4n) is 1.06. The van der Waals surface area contributed by atoms with Crippen molar-refractivity contribution in [3.8, 4) is 10.6 Å². The van der Waals surface area contributed by atoms with Gasteiger partial charge in [0, 0.05) is 10.5 Å². The van der Waals surface area contributed by atoms with E-state index in [4.69, 9.17) is 11.6 Å². The van der Waals surface area contributed by atoms with Gasteiger partial charge in [-0.05, 0) is 41.5 Å². The molecule has 2 nitrogen and oxygen atoms in total. The van der Waals surface area contributed by atoms with Crippen molar-refractivity contribution in [2.24, 2.45) is 0 Å². The molecule has 0 N–H and O–H groups in total. The van der Waals surface area contributed by atoms with Crippen LogP contribution < -0.4 is 0 Å². The molecule has 0 aliphatic heterocycles. The molecule has 1 heterocycles. The van der Waals surface area contributed by atoms with E-state index in [2.05, 4.69) is 27.7 Å². The SMILES string of the molecule is CSc1ccc(-c2nc(Cl)ns2)cc1. The van der Waals surface area contributed by atoms with Crippen LogP contribution in [0.3, 0.4) is 0 Å². The molecule has 5 heteroatoms. The second-order valence-electron chi connectivity index (χ2n) is 2.60. The Bertz CT molecular complexity index is 425. The molecule has 72 valence electrons. The van der Waals surface area contributed by atoms with E-state index >= 15 is 0 Å². The van der Waals surface area contributed by atoms with Crippen molar-refractivity contribution in [1.82, 2.24) is 9.36 Å². The van der Waals surface area contributed by atoms with Crippen molar-refractivity contribution in [1.29, 1.82) is 0 Å². The minimum absolute atomic E-state index is 0.318. The van der Waals surface area contributed by atoms with E-state index in [9.17, 15) is 0 Å². The molecule has 0 aliphatic rings. The molecule has 0 saturated heterocycles. The minimum atomic E-state index is 0.318. The van der Waals surface area contributed by atoms with Gasteiger partial charge >= 0.3 is 0 Å². The summed E-state index contributed by atoms with van der Waals surface area (Å²) < 4.78 is 3.93. The van der Waals surface area contributed by atoms with Gasteiger partial charge in [0.1, 0.15) is 5.01 Å². The van der Waals surface area contributed by atoms with Crippen molar-refractivity contribution in [2.75, 3.05) is 6.26 Å². The minimum Gasteiger partial charge on any atom is -0.205 e. The largest absolute Gasteiger partial charge is 0.234 e. The quantitative estimate of drug-likeness (QED) is 0.753. The van der Waals surface area contributed by atoms with Gasteiger partial charge in [0.05, 0.1) is 0 Å². The number of nitrogens with zero attached hydrogens (tertiary/aromatic N) is 2. The first-order valence-electron chi connectivity index (χ1n) is 3.93. The second kappa shape index (κ2) is 4.29. The molecule has 0 bridgehead atoms. The van der Waals surface area contributed by atoms with E-state index in [0.29, 0.717) is 5.28 Å². The monoisotopic (exact) mass is 242 g/mol. The van der Waals surface area contributed by atoms with E-state index in [0.717, 1.165) is 10.6 Å². The van der Waals surface area contributed by atoms with E-state index in [1.165, 1.54) is 16.4 Å². The van der Waals surface area contributed by atoms with Crippen molar-refractivity contribution in [3.05, 3.63) is 29.5 Å². The molecule has 0 fully saturated rings. The summed E-state index contributed by atoms with van der Waals surface area (Å²) in [6.45, 7) is 0. The van der Waals surface area contributed by atoms with Gasteiger partial charge in [0.2, 0.25) is 5.28 Å². The van der Waals surface area contributed by atoms with Crippen molar-refractivity contribution in [2.45, 2.75) is 4.90 Å². The first-order valence-corrected chi connectivity index (χ1v) is 6.31. The van der Waals surface area contributed by atoms with Crippen LogP contribution in [0.5, 0.6) is 0 Å². The zero-order chi connectivity index (χ0) is 9.97. The molecule has 1 aromatic heterocycles. The molecule has 0 spiro atoms. The standard InChI is InChI=1S/C9H7ClN2S2/c1-13-7-4-2-6(3-5-7)8-11-9(10)12-14-8/h2-5H,1H3. The van der Waals surface area contributed by atoms with Gasteiger partial charge in [-0.1, -0.05) is 12.1 Å². The van der Waals surface area contributed by atoms with Crippen LogP contribution in [0.2, 0.25) is 5.28 Å². The third-order valence-electron chi connectivity index (χ3n) is 1.74. The summed E-state index contributed by atoms with van der Waals surface area (Å²) in [5, 5.41) is 1.18. The summed E-state index contributed by atoms with van der Waals surface area (Å²) in [6, 6.07) is 8.19. The highest BCUT2D eigenvalue weighted by Crippen LogP contribution is 2.25. The van der Waals surface area contributed by atoms with Crippen LogP contribution in [0.15, 0.2) is 29.2 Å². The second-order valence-corrected chi connectivity index (χ2v) is 4.57.